The zero-order valence-corrected chi connectivity index (χ0v) is 14.0. The van der Waals surface area contributed by atoms with Gasteiger partial charge in [0.1, 0.15) is 0 Å². The van der Waals surface area contributed by atoms with Gasteiger partial charge in [0.15, 0.2) is 17.3 Å². The van der Waals surface area contributed by atoms with E-state index in [1.807, 2.05) is 0 Å². The molecule has 1 aromatic heterocycles. The largest absolute Gasteiger partial charge is 0.493 e. The first kappa shape index (κ1) is 18.6. The summed E-state index contributed by atoms with van der Waals surface area (Å²) < 4.78 is 55.1. The summed E-state index contributed by atoms with van der Waals surface area (Å²) in [5.41, 5.74) is -1.29. The predicted molar refractivity (Wildman–Crippen MR) is 83.5 cm³/mol. The Bertz CT molecular complexity index is 803. The number of hydrogen-bond acceptors (Lipinski definition) is 5. The number of pyridine rings is 1. The SMILES string of the molecule is COc1cc(C)c(C(=O)c2c(C(F)(F)F)ccnc2OC)cc1OC. The number of carbonyl (C=O) groups excluding carboxylic acids is 1. The molecule has 0 unspecified atom stereocenters. The molecule has 0 spiro atoms. The van der Waals surface area contributed by atoms with Crippen molar-refractivity contribution in [3.63, 3.8) is 0 Å². The number of benzene rings is 1. The van der Waals surface area contributed by atoms with Gasteiger partial charge in [0, 0.05) is 11.8 Å². The molecule has 0 aliphatic carbocycles. The van der Waals surface area contributed by atoms with Crippen molar-refractivity contribution in [1.82, 2.24) is 4.98 Å². The Hall–Kier alpha value is -2.77. The Labute approximate surface area is 142 Å². The van der Waals surface area contributed by atoms with Gasteiger partial charge in [-0.2, -0.15) is 13.2 Å². The van der Waals surface area contributed by atoms with E-state index in [2.05, 4.69) is 4.98 Å². The number of hydrogen-bond donors (Lipinski definition) is 0. The third kappa shape index (κ3) is 3.52. The molecule has 0 atom stereocenters. The summed E-state index contributed by atoms with van der Waals surface area (Å²) in [4.78, 5) is 16.6. The molecule has 1 aromatic carbocycles. The van der Waals surface area contributed by atoms with Crippen LogP contribution in [0.25, 0.3) is 0 Å². The number of carbonyl (C=O) groups is 1. The predicted octanol–water partition coefficient (Wildman–Crippen LogP) is 3.67. The van der Waals surface area contributed by atoms with Crippen molar-refractivity contribution in [3.05, 3.63) is 46.6 Å². The molecule has 0 aliphatic rings. The van der Waals surface area contributed by atoms with Gasteiger partial charge in [0.2, 0.25) is 5.88 Å². The van der Waals surface area contributed by atoms with Crippen LogP contribution in [0, 0.1) is 6.92 Å². The molecule has 0 saturated heterocycles. The van der Waals surface area contributed by atoms with Gasteiger partial charge in [-0.1, -0.05) is 0 Å². The summed E-state index contributed by atoms with van der Waals surface area (Å²) in [6.45, 7) is 1.59. The van der Waals surface area contributed by atoms with Gasteiger partial charge in [0.05, 0.1) is 32.5 Å². The van der Waals surface area contributed by atoms with E-state index in [0.29, 0.717) is 11.3 Å². The van der Waals surface area contributed by atoms with Crippen molar-refractivity contribution < 1.29 is 32.2 Å². The van der Waals surface area contributed by atoms with Gasteiger partial charge in [-0.25, -0.2) is 4.98 Å². The number of alkyl halides is 3. The Balaban J connectivity index is 2.70. The topological polar surface area (TPSA) is 57.7 Å². The van der Waals surface area contributed by atoms with Gasteiger partial charge < -0.3 is 14.2 Å². The number of halogens is 3. The van der Waals surface area contributed by atoms with Crippen LogP contribution in [0.3, 0.4) is 0 Å². The highest BCUT2D eigenvalue weighted by Crippen LogP contribution is 2.38. The fourth-order valence-electron chi connectivity index (χ4n) is 2.41. The molecule has 25 heavy (non-hydrogen) atoms. The molecule has 0 aliphatic heterocycles. The van der Waals surface area contributed by atoms with Crippen molar-refractivity contribution >= 4 is 5.78 Å². The van der Waals surface area contributed by atoms with Gasteiger partial charge in [-0.15, -0.1) is 0 Å². The van der Waals surface area contributed by atoms with Crippen LogP contribution in [-0.2, 0) is 6.18 Å². The highest BCUT2D eigenvalue weighted by Gasteiger charge is 2.38. The van der Waals surface area contributed by atoms with Crippen LogP contribution < -0.4 is 14.2 Å². The van der Waals surface area contributed by atoms with E-state index in [1.54, 1.807) is 6.92 Å². The summed E-state index contributed by atoms with van der Waals surface area (Å²) >= 11 is 0. The average Bonchev–Trinajstić information content (AvgIpc) is 2.59. The molecule has 2 rings (SSSR count). The van der Waals surface area contributed by atoms with Gasteiger partial charge in [-0.05, 0) is 30.7 Å². The monoisotopic (exact) mass is 355 g/mol. The van der Waals surface area contributed by atoms with E-state index in [0.717, 1.165) is 19.4 Å². The Morgan fingerprint density at radius 2 is 1.64 bits per heavy atom. The average molecular weight is 355 g/mol. The normalized spacial score (nSPS) is 11.2. The molecule has 1 heterocycles. The molecule has 0 radical (unpaired) electrons. The van der Waals surface area contributed by atoms with E-state index in [4.69, 9.17) is 14.2 Å². The van der Waals surface area contributed by atoms with Crippen LogP contribution in [0.4, 0.5) is 13.2 Å². The van der Waals surface area contributed by atoms with Crippen LogP contribution in [0.5, 0.6) is 17.4 Å². The summed E-state index contributed by atoms with van der Waals surface area (Å²) in [6.07, 6.45) is -3.79. The van der Waals surface area contributed by atoms with Crippen LogP contribution >= 0.6 is 0 Å². The Morgan fingerprint density at radius 1 is 1.04 bits per heavy atom. The minimum atomic E-state index is -4.73. The third-order valence-corrected chi connectivity index (χ3v) is 3.62. The number of ketones is 1. The second kappa shape index (κ2) is 7.00. The lowest BCUT2D eigenvalue weighted by molar-refractivity contribution is -0.138. The molecular formula is C17H16F3NO4. The minimum Gasteiger partial charge on any atom is -0.493 e. The number of rotatable bonds is 5. The minimum absolute atomic E-state index is 0.0365. The first-order valence-corrected chi connectivity index (χ1v) is 7.12. The number of nitrogens with zero attached hydrogens (tertiary/aromatic N) is 1. The van der Waals surface area contributed by atoms with Gasteiger partial charge in [-0.3, -0.25) is 4.79 Å². The van der Waals surface area contributed by atoms with Crippen LogP contribution in [0.1, 0.15) is 27.0 Å². The fraction of sp³-hybridized carbons (Fsp3) is 0.294. The maximum atomic E-state index is 13.3. The first-order chi connectivity index (χ1) is 11.7. The summed E-state index contributed by atoms with van der Waals surface area (Å²) in [6, 6.07) is 3.59. The van der Waals surface area contributed by atoms with E-state index >= 15 is 0 Å². The molecule has 134 valence electrons. The molecule has 0 fully saturated rings. The molecule has 5 nitrogen and oxygen atoms in total. The molecule has 0 N–H and O–H groups in total. The van der Waals surface area contributed by atoms with Crippen LogP contribution in [-0.4, -0.2) is 32.1 Å². The lowest BCUT2D eigenvalue weighted by Gasteiger charge is -2.16. The molecular weight excluding hydrogens is 339 g/mol. The van der Waals surface area contributed by atoms with E-state index in [-0.39, 0.29) is 11.3 Å². The van der Waals surface area contributed by atoms with Crippen molar-refractivity contribution in [3.8, 4) is 17.4 Å². The molecule has 2 aromatic rings. The van der Waals surface area contributed by atoms with Crippen molar-refractivity contribution in [2.24, 2.45) is 0 Å². The number of methoxy groups -OCH3 is 3. The van der Waals surface area contributed by atoms with Gasteiger partial charge in [0.25, 0.3) is 0 Å². The number of aromatic nitrogens is 1. The zero-order valence-electron chi connectivity index (χ0n) is 14.0. The molecule has 0 amide bonds. The maximum Gasteiger partial charge on any atom is 0.417 e. The van der Waals surface area contributed by atoms with Crippen molar-refractivity contribution in [2.45, 2.75) is 13.1 Å². The molecule has 8 heteroatoms. The highest BCUT2D eigenvalue weighted by atomic mass is 19.4. The molecule has 0 bridgehead atoms. The zero-order chi connectivity index (χ0) is 18.8. The highest BCUT2D eigenvalue weighted by molar-refractivity contribution is 6.12. The smallest absolute Gasteiger partial charge is 0.417 e. The number of aryl methyl sites for hydroxylation is 1. The Kier molecular flexibility index (Phi) is 5.20. The summed E-state index contributed by atoms with van der Waals surface area (Å²) in [5, 5.41) is 0. The van der Waals surface area contributed by atoms with Crippen molar-refractivity contribution in [2.75, 3.05) is 21.3 Å². The lowest BCUT2D eigenvalue weighted by Crippen LogP contribution is -2.17. The molecule has 0 saturated carbocycles. The fourth-order valence-corrected chi connectivity index (χ4v) is 2.41. The Morgan fingerprint density at radius 3 is 2.16 bits per heavy atom. The second-order valence-electron chi connectivity index (χ2n) is 5.09. The van der Waals surface area contributed by atoms with Gasteiger partial charge >= 0.3 is 6.18 Å². The second-order valence-corrected chi connectivity index (χ2v) is 5.09. The van der Waals surface area contributed by atoms with E-state index in [1.165, 1.54) is 26.4 Å². The van der Waals surface area contributed by atoms with Crippen LogP contribution in [0.2, 0.25) is 0 Å². The lowest BCUT2D eigenvalue weighted by atomic mass is 9.95. The number of ether oxygens (including phenoxy) is 3. The third-order valence-electron chi connectivity index (χ3n) is 3.62. The first-order valence-electron chi connectivity index (χ1n) is 7.12. The van der Waals surface area contributed by atoms with Crippen LogP contribution in [0.15, 0.2) is 24.4 Å². The standard InChI is InChI=1S/C17H16F3NO4/c1-9-7-12(23-2)13(24-3)8-10(9)15(22)14-11(17(18,19)20)5-6-21-16(14)25-4/h5-8H,1-4H3. The van der Waals surface area contributed by atoms with E-state index < -0.39 is 29.0 Å². The quantitative estimate of drug-likeness (QED) is 0.766. The summed E-state index contributed by atoms with van der Waals surface area (Å²) in [7, 11) is 3.94. The summed E-state index contributed by atoms with van der Waals surface area (Å²) in [5.74, 6) is -0.664. The maximum absolute atomic E-state index is 13.3. The van der Waals surface area contributed by atoms with E-state index in [9.17, 15) is 18.0 Å². The van der Waals surface area contributed by atoms with Crippen molar-refractivity contribution in [1.29, 1.82) is 0 Å².